The molecule has 1 aromatic carbocycles. The number of aryl methyl sites for hydroxylation is 1. The van der Waals surface area contributed by atoms with Crippen LogP contribution in [0.3, 0.4) is 0 Å². The van der Waals surface area contributed by atoms with Crippen LogP contribution in [0.4, 0.5) is 10.1 Å². The monoisotopic (exact) mass is 440 g/mol. The van der Waals surface area contributed by atoms with Crippen molar-refractivity contribution in [1.82, 2.24) is 5.32 Å². The quantitative estimate of drug-likeness (QED) is 0.552. The molecule has 0 spiro atoms. The maximum absolute atomic E-state index is 13.6. The van der Waals surface area contributed by atoms with Gasteiger partial charge in [0.1, 0.15) is 17.3 Å². The SMILES string of the molecule is Cc1ccc(C(C(=O)NC2CCCC2)N(C(=O)Cc2cccs2)c2ccc(F)cc2)o1. The Kier molecular flexibility index (Phi) is 6.51. The maximum atomic E-state index is 13.6. The number of halogens is 1. The van der Waals surface area contributed by atoms with E-state index in [9.17, 15) is 14.0 Å². The Morgan fingerprint density at radius 3 is 2.52 bits per heavy atom. The summed E-state index contributed by atoms with van der Waals surface area (Å²) in [4.78, 5) is 29.3. The Hall–Kier alpha value is -2.93. The normalized spacial score (nSPS) is 15.0. The highest BCUT2D eigenvalue weighted by Crippen LogP contribution is 2.31. The van der Waals surface area contributed by atoms with Crippen molar-refractivity contribution in [2.45, 2.75) is 51.1 Å². The van der Waals surface area contributed by atoms with Crippen LogP contribution in [0.15, 0.2) is 58.3 Å². The van der Waals surface area contributed by atoms with E-state index in [1.165, 1.54) is 40.5 Å². The van der Waals surface area contributed by atoms with E-state index in [1.807, 2.05) is 17.5 Å². The average molecular weight is 441 g/mol. The molecule has 4 rings (SSSR count). The Bertz CT molecular complexity index is 1020. The number of carbonyl (C=O) groups is 2. The largest absolute Gasteiger partial charge is 0.464 e. The summed E-state index contributed by atoms with van der Waals surface area (Å²) in [6.45, 7) is 1.80. The van der Waals surface area contributed by atoms with Crippen molar-refractivity contribution >= 4 is 28.8 Å². The second kappa shape index (κ2) is 9.47. The smallest absolute Gasteiger partial charge is 0.251 e. The molecule has 2 aromatic heterocycles. The zero-order valence-electron chi connectivity index (χ0n) is 17.3. The Morgan fingerprint density at radius 1 is 1.16 bits per heavy atom. The molecule has 5 nitrogen and oxygen atoms in total. The van der Waals surface area contributed by atoms with Crippen LogP contribution in [0.5, 0.6) is 0 Å². The number of hydrogen-bond donors (Lipinski definition) is 1. The lowest BCUT2D eigenvalue weighted by Gasteiger charge is -2.31. The third-order valence-corrected chi connectivity index (χ3v) is 6.39. The lowest BCUT2D eigenvalue weighted by Crippen LogP contribution is -2.46. The van der Waals surface area contributed by atoms with Crippen LogP contribution in [0.1, 0.15) is 48.1 Å². The molecule has 0 saturated heterocycles. The molecule has 7 heteroatoms. The van der Waals surface area contributed by atoms with Crippen LogP contribution >= 0.6 is 11.3 Å². The van der Waals surface area contributed by atoms with E-state index in [2.05, 4.69) is 5.32 Å². The second-order valence-electron chi connectivity index (χ2n) is 7.84. The van der Waals surface area contributed by atoms with E-state index >= 15 is 0 Å². The number of nitrogens with one attached hydrogen (secondary N) is 1. The number of furan rings is 1. The number of benzene rings is 1. The fraction of sp³-hybridized carbons (Fsp3) is 0.333. The number of carbonyl (C=O) groups excluding carboxylic acids is 2. The first-order valence-corrected chi connectivity index (χ1v) is 11.4. The van der Waals surface area contributed by atoms with Gasteiger partial charge < -0.3 is 9.73 Å². The van der Waals surface area contributed by atoms with Gasteiger partial charge in [-0.1, -0.05) is 18.9 Å². The first-order chi connectivity index (χ1) is 15.0. The van der Waals surface area contributed by atoms with Crippen LogP contribution in [0.25, 0.3) is 0 Å². The lowest BCUT2D eigenvalue weighted by atomic mass is 10.1. The number of thiophene rings is 1. The lowest BCUT2D eigenvalue weighted by molar-refractivity contribution is -0.127. The second-order valence-corrected chi connectivity index (χ2v) is 8.87. The van der Waals surface area contributed by atoms with Crippen molar-refractivity contribution in [3.8, 4) is 0 Å². The van der Waals surface area contributed by atoms with E-state index in [1.54, 1.807) is 19.1 Å². The summed E-state index contributed by atoms with van der Waals surface area (Å²) in [6.07, 6.45) is 4.15. The van der Waals surface area contributed by atoms with Gasteiger partial charge in [-0.25, -0.2) is 4.39 Å². The molecule has 1 unspecified atom stereocenters. The fourth-order valence-electron chi connectivity index (χ4n) is 4.01. The topological polar surface area (TPSA) is 62.6 Å². The van der Waals surface area contributed by atoms with Crippen molar-refractivity contribution in [3.05, 3.63) is 76.1 Å². The molecule has 31 heavy (non-hydrogen) atoms. The Morgan fingerprint density at radius 2 is 1.90 bits per heavy atom. The molecule has 1 aliphatic carbocycles. The van der Waals surface area contributed by atoms with E-state index in [4.69, 9.17) is 4.42 Å². The van der Waals surface area contributed by atoms with E-state index < -0.39 is 11.9 Å². The molecule has 2 heterocycles. The summed E-state index contributed by atoms with van der Waals surface area (Å²) < 4.78 is 19.4. The van der Waals surface area contributed by atoms with Crippen LogP contribution in [-0.2, 0) is 16.0 Å². The first kappa shape index (κ1) is 21.3. The molecular formula is C24H25FN2O3S. The molecule has 1 atom stereocenters. The number of nitrogens with zero attached hydrogens (tertiary/aromatic N) is 1. The van der Waals surface area contributed by atoms with Gasteiger partial charge in [0, 0.05) is 16.6 Å². The van der Waals surface area contributed by atoms with Gasteiger partial charge in [0.25, 0.3) is 5.91 Å². The molecule has 1 saturated carbocycles. The van der Waals surface area contributed by atoms with Crippen LogP contribution in [-0.4, -0.2) is 17.9 Å². The van der Waals surface area contributed by atoms with Gasteiger partial charge in [-0.2, -0.15) is 0 Å². The summed E-state index contributed by atoms with van der Waals surface area (Å²) in [5.41, 5.74) is 0.448. The zero-order valence-corrected chi connectivity index (χ0v) is 18.2. The number of amides is 2. The average Bonchev–Trinajstić information content (AvgIpc) is 3.51. The van der Waals surface area contributed by atoms with Crippen molar-refractivity contribution in [2.24, 2.45) is 0 Å². The van der Waals surface area contributed by atoms with Gasteiger partial charge in [-0.3, -0.25) is 14.5 Å². The number of hydrogen-bond acceptors (Lipinski definition) is 4. The predicted octanol–water partition coefficient (Wildman–Crippen LogP) is 5.16. The minimum absolute atomic E-state index is 0.0912. The molecule has 0 radical (unpaired) electrons. The van der Waals surface area contributed by atoms with Gasteiger partial charge >= 0.3 is 0 Å². The van der Waals surface area contributed by atoms with Gasteiger partial charge in [-0.05, 0) is 67.6 Å². The number of anilines is 1. The summed E-state index contributed by atoms with van der Waals surface area (Å²) in [5, 5.41) is 5.01. The summed E-state index contributed by atoms with van der Waals surface area (Å²) in [5.74, 6) is 0.0882. The standard InChI is InChI=1S/C24H25FN2O3S/c1-16-8-13-21(30-16)23(24(29)26-18-5-2-3-6-18)27(19-11-9-17(25)10-12-19)22(28)15-20-7-4-14-31-20/h4,7-14,18,23H,2-3,5-6,15H2,1H3,(H,26,29). The van der Waals surface area contributed by atoms with Crippen molar-refractivity contribution < 1.29 is 18.4 Å². The van der Waals surface area contributed by atoms with Crippen molar-refractivity contribution in [3.63, 3.8) is 0 Å². The fourth-order valence-corrected chi connectivity index (χ4v) is 4.71. The van der Waals surface area contributed by atoms with Gasteiger partial charge in [0.05, 0.1) is 6.42 Å². The molecule has 0 bridgehead atoms. The summed E-state index contributed by atoms with van der Waals surface area (Å²) >= 11 is 1.48. The molecule has 1 aliphatic rings. The van der Waals surface area contributed by atoms with Crippen LogP contribution < -0.4 is 10.2 Å². The zero-order chi connectivity index (χ0) is 21.8. The van der Waals surface area contributed by atoms with Gasteiger partial charge in [0.2, 0.25) is 5.91 Å². The molecule has 162 valence electrons. The van der Waals surface area contributed by atoms with Crippen LogP contribution in [0, 0.1) is 12.7 Å². The Balaban J connectivity index is 1.73. The van der Waals surface area contributed by atoms with Gasteiger partial charge in [0.15, 0.2) is 6.04 Å². The minimum Gasteiger partial charge on any atom is -0.464 e. The van der Waals surface area contributed by atoms with Crippen molar-refractivity contribution in [2.75, 3.05) is 4.90 Å². The highest BCUT2D eigenvalue weighted by atomic mass is 32.1. The number of rotatable bonds is 7. The summed E-state index contributed by atoms with van der Waals surface area (Å²) in [7, 11) is 0. The minimum atomic E-state index is -0.979. The molecule has 1 N–H and O–H groups in total. The third kappa shape index (κ3) is 5.05. The molecule has 1 fully saturated rings. The molecule has 2 amide bonds. The summed E-state index contributed by atoms with van der Waals surface area (Å²) in [6, 6.07) is 12.0. The third-order valence-electron chi connectivity index (χ3n) is 5.52. The maximum Gasteiger partial charge on any atom is 0.251 e. The van der Waals surface area contributed by atoms with Crippen LogP contribution in [0.2, 0.25) is 0 Å². The first-order valence-electron chi connectivity index (χ1n) is 10.5. The van der Waals surface area contributed by atoms with Gasteiger partial charge in [-0.15, -0.1) is 11.3 Å². The molecular weight excluding hydrogens is 415 g/mol. The highest BCUT2D eigenvalue weighted by Gasteiger charge is 2.36. The van der Waals surface area contributed by atoms with Crippen molar-refractivity contribution in [1.29, 1.82) is 0 Å². The van der Waals surface area contributed by atoms with E-state index in [0.29, 0.717) is 17.2 Å². The Labute approximate surface area is 184 Å². The molecule has 3 aromatic rings. The predicted molar refractivity (Wildman–Crippen MR) is 118 cm³/mol. The van der Waals surface area contributed by atoms with E-state index in [-0.39, 0.29) is 24.3 Å². The molecule has 0 aliphatic heterocycles. The van der Waals surface area contributed by atoms with E-state index in [0.717, 1.165) is 30.6 Å². The highest BCUT2D eigenvalue weighted by molar-refractivity contribution is 7.10.